The van der Waals surface area contributed by atoms with Crippen LogP contribution in [0.25, 0.3) is 0 Å². The van der Waals surface area contributed by atoms with Crippen LogP contribution in [-0.2, 0) is 18.8 Å². The van der Waals surface area contributed by atoms with Crippen LogP contribution in [0.1, 0.15) is 40.5 Å². The molecule has 108 valence electrons. The molecular weight excluding hydrogens is 247 g/mol. The van der Waals surface area contributed by atoms with Gasteiger partial charge in [0.15, 0.2) is 0 Å². The van der Waals surface area contributed by atoms with Crippen molar-refractivity contribution in [3.63, 3.8) is 0 Å². The van der Waals surface area contributed by atoms with Gasteiger partial charge in [-0.15, -0.1) is 0 Å². The third-order valence-corrected chi connectivity index (χ3v) is 3.45. The lowest BCUT2D eigenvalue weighted by Gasteiger charge is -2.32. The molecule has 0 unspecified atom stereocenters. The average molecular weight is 270 g/mol. The smallest absolute Gasteiger partial charge is 0.481 e. The van der Waals surface area contributed by atoms with Gasteiger partial charge in [0.25, 0.3) is 0 Å². The molecule has 0 bridgehead atoms. The van der Waals surface area contributed by atoms with Crippen LogP contribution < -0.4 is 0 Å². The van der Waals surface area contributed by atoms with Gasteiger partial charge in [-0.3, -0.25) is 4.79 Å². The molecule has 5 nitrogen and oxygen atoms in total. The van der Waals surface area contributed by atoms with Crippen LogP contribution in [0.3, 0.4) is 0 Å². The van der Waals surface area contributed by atoms with Crippen LogP contribution in [-0.4, -0.2) is 42.6 Å². The summed E-state index contributed by atoms with van der Waals surface area (Å²) in [5.74, 6) is 1.03. The number of hydrogen-bond donors (Lipinski definition) is 1. The van der Waals surface area contributed by atoms with Gasteiger partial charge in [0.2, 0.25) is 0 Å². The number of carbonyl (C=O) groups is 1. The van der Waals surface area contributed by atoms with Crippen LogP contribution in [0.2, 0.25) is 0 Å². The Balaban J connectivity index is 2.19. The number of carboxylic acid groups (broad SMARTS) is 1. The lowest BCUT2D eigenvalue weighted by molar-refractivity contribution is -0.138. The first-order chi connectivity index (χ1) is 8.74. The molecule has 6 heteroatoms. The molecule has 0 aromatic rings. The molecule has 1 saturated heterocycles. The maximum atomic E-state index is 10.3. The molecule has 0 amide bonds. The van der Waals surface area contributed by atoms with Crippen molar-refractivity contribution in [1.29, 1.82) is 0 Å². The highest BCUT2D eigenvalue weighted by Gasteiger charge is 2.49. The highest BCUT2D eigenvalue weighted by molar-refractivity contribution is 6.51. The van der Waals surface area contributed by atoms with Crippen LogP contribution in [0.4, 0.5) is 0 Å². The highest BCUT2D eigenvalue weighted by Crippen LogP contribution is 2.36. The Hall–Kier alpha value is -0.845. The molecule has 1 N–H and O–H groups in total. The Labute approximate surface area is 115 Å². The Morgan fingerprint density at radius 3 is 2.32 bits per heavy atom. The summed E-state index contributed by atoms with van der Waals surface area (Å²) in [7, 11) is -0.330. The lowest BCUT2D eigenvalue weighted by atomic mass is 9.90. The maximum absolute atomic E-state index is 10.3. The SMILES string of the molecule is CC1(C)OB(/C=C/CCOCCC(=O)O)OC1(C)C. The van der Waals surface area contributed by atoms with E-state index in [-0.39, 0.29) is 31.3 Å². The van der Waals surface area contributed by atoms with Gasteiger partial charge < -0.3 is 19.2 Å². The summed E-state index contributed by atoms with van der Waals surface area (Å²) in [6.07, 6.45) is 2.69. The standard InChI is InChI=1S/C13H23BO5/c1-12(2)13(3,4)19-14(18-12)8-5-6-9-17-10-7-11(15)16/h5,8H,6-7,9-10H2,1-4H3,(H,15,16)/b8-5+. The predicted octanol–water partition coefficient (Wildman–Crippen LogP) is 2.06. The van der Waals surface area contributed by atoms with Crippen molar-refractivity contribution >= 4 is 13.1 Å². The van der Waals surface area contributed by atoms with E-state index in [4.69, 9.17) is 19.2 Å². The van der Waals surface area contributed by atoms with E-state index < -0.39 is 5.97 Å². The molecule has 0 aromatic carbocycles. The Kier molecular flexibility index (Phi) is 5.58. The third kappa shape index (κ3) is 4.97. The number of carboxylic acids is 1. The topological polar surface area (TPSA) is 65.0 Å². The van der Waals surface area contributed by atoms with Gasteiger partial charge in [-0.25, -0.2) is 0 Å². The van der Waals surface area contributed by atoms with Gasteiger partial charge in [0, 0.05) is 6.61 Å². The zero-order chi connectivity index (χ0) is 14.5. The molecule has 0 atom stereocenters. The molecule has 0 spiro atoms. The van der Waals surface area contributed by atoms with Crippen molar-refractivity contribution in [3.8, 4) is 0 Å². The first-order valence-electron chi connectivity index (χ1n) is 6.56. The van der Waals surface area contributed by atoms with Gasteiger partial charge in [-0.2, -0.15) is 0 Å². The van der Waals surface area contributed by atoms with Gasteiger partial charge in [0.05, 0.1) is 24.2 Å². The van der Waals surface area contributed by atoms with E-state index in [0.29, 0.717) is 13.0 Å². The minimum Gasteiger partial charge on any atom is -0.481 e. The van der Waals surface area contributed by atoms with E-state index in [0.717, 1.165) is 0 Å². The second kappa shape index (κ2) is 6.54. The van der Waals surface area contributed by atoms with Crippen molar-refractivity contribution in [1.82, 2.24) is 0 Å². The summed E-state index contributed by atoms with van der Waals surface area (Å²) in [5.41, 5.74) is -0.639. The van der Waals surface area contributed by atoms with Crippen LogP contribution in [0.5, 0.6) is 0 Å². The molecule has 19 heavy (non-hydrogen) atoms. The quantitative estimate of drug-likeness (QED) is 0.566. The number of ether oxygens (including phenoxy) is 1. The average Bonchev–Trinajstić information content (AvgIpc) is 2.45. The fourth-order valence-electron chi connectivity index (χ4n) is 1.59. The molecule has 0 radical (unpaired) electrons. The minimum atomic E-state index is -0.840. The van der Waals surface area contributed by atoms with Gasteiger partial charge in [-0.05, 0) is 34.1 Å². The molecule has 0 saturated carbocycles. The normalized spacial score (nSPS) is 21.2. The molecule has 0 aliphatic carbocycles. The largest absolute Gasteiger partial charge is 0.486 e. The van der Waals surface area contributed by atoms with Crippen molar-refractivity contribution in [2.45, 2.75) is 51.7 Å². The Morgan fingerprint density at radius 2 is 1.79 bits per heavy atom. The lowest BCUT2D eigenvalue weighted by Crippen LogP contribution is -2.41. The van der Waals surface area contributed by atoms with Crippen LogP contribution >= 0.6 is 0 Å². The summed E-state index contributed by atoms with van der Waals surface area (Å²) in [6.45, 7) is 8.79. The Morgan fingerprint density at radius 1 is 1.21 bits per heavy atom. The molecular formula is C13H23BO5. The van der Waals surface area contributed by atoms with Gasteiger partial charge >= 0.3 is 13.1 Å². The van der Waals surface area contributed by atoms with E-state index >= 15 is 0 Å². The van der Waals surface area contributed by atoms with Crippen molar-refractivity contribution < 1.29 is 23.9 Å². The Bertz CT molecular complexity index is 322. The van der Waals surface area contributed by atoms with E-state index in [9.17, 15) is 4.79 Å². The molecule has 1 rings (SSSR count). The fourth-order valence-corrected chi connectivity index (χ4v) is 1.59. The predicted molar refractivity (Wildman–Crippen MR) is 72.9 cm³/mol. The summed E-state index contributed by atoms with van der Waals surface area (Å²) >= 11 is 0. The summed E-state index contributed by atoms with van der Waals surface area (Å²) < 4.78 is 16.8. The van der Waals surface area contributed by atoms with E-state index in [1.54, 1.807) is 0 Å². The summed E-state index contributed by atoms with van der Waals surface area (Å²) in [6, 6.07) is 0. The van der Waals surface area contributed by atoms with Crippen molar-refractivity contribution in [2.24, 2.45) is 0 Å². The molecule has 0 aromatic heterocycles. The number of hydrogen-bond acceptors (Lipinski definition) is 4. The van der Waals surface area contributed by atoms with Crippen molar-refractivity contribution in [2.75, 3.05) is 13.2 Å². The number of aliphatic carboxylic acids is 1. The third-order valence-electron chi connectivity index (χ3n) is 3.45. The monoisotopic (exact) mass is 270 g/mol. The summed E-state index contributed by atoms with van der Waals surface area (Å²) in [4.78, 5) is 10.3. The zero-order valence-corrected chi connectivity index (χ0v) is 12.1. The highest BCUT2D eigenvalue weighted by atomic mass is 16.7. The summed E-state index contributed by atoms with van der Waals surface area (Å²) in [5, 5.41) is 8.43. The minimum absolute atomic E-state index is 0.0426. The first kappa shape index (κ1) is 16.2. The van der Waals surface area contributed by atoms with E-state index in [2.05, 4.69) is 0 Å². The molecule has 1 fully saturated rings. The van der Waals surface area contributed by atoms with E-state index in [1.165, 1.54) is 0 Å². The molecule has 1 aliphatic heterocycles. The molecule has 1 aliphatic rings. The van der Waals surface area contributed by atoms with Crippen LogP contribution in [0, 0.1) is 0 Å². The van der Waals surface area contributed by atoms with Gasteiger partial charge in [-0.1, -0.05) is 12.1 Å². The fraction of sp³-hybridized carbons (Fsp3) is 0.769. The zero-order valence-electron chi connectivity index (χ0n) is 12.1. The maximum Gasteiger partial charge on any atom is 0.486 e. The first-order valence-corrected chi connectivity index (χ1v) is 6.56. The van der Waals surface area contributed by atoms with E-state index in [1.807, 2.05) is 39.7 Å². The molecule has 1 heterocycles. The second-order valence-corrected chi connectivity index (χ2v) is 5.60. The number of rotatable bonds is 7. The van der Waals surface area contributed by atoms with Crippen LogP contribution in [0.15, 0.2) is 12.1 Å². The van der Waals surface area contributed by atoms with Gasteiger partial charge in [0.1, 0.15) is 0 Å². The van der Waals surface area contributed by atoms with Crippen molar-refractivity contribution in [3.05, 3.63) is 12.1 Å². The second-order valence-electron chi connectivity index (χ2n) is 5.60.